The summed E-state index contributed by atoms with van der Waals surface area (Å²) < 4.78 is 76.4. The number of aliphatic hydroxyl groups is 2. The number of alkyl carbamates (subject to hydrolysis) is 1. The van der Waals surface area contributed by atoms with Crippen molar-refractivity contribution in [3.8, 4) is 0 Å². The van der Waals surface area contributed by atoms with Crippen molar-refractivity contribution in [2.24, 2.45) is 26.4 Å². The Labute approximate surface area is 814 Å². The first-order chi connectivity index (χ1) is 60.5. The lowest BCUT2D eigenvalue weighted by atomic mass is 10.1. The van der Waals surface area contributed by atoms with E-state index in [1.165, 1.54) is 98.2 Å². The summed E-state index contributed by atoms with van der Waals surface area (Å²) in [6.07, 6.45) is 20.5. The van der Waals surface area contributed by atoms with Gasteiger partial charge in [0.05, 0.1) is 70.7 Å². The normalized spacial score (nSPS) is 23.3. The van der Waals surface area contributed by atoms with Crippen molar-refractivity contribution >= 4 is 146 Å². The Morgan fingerprint density at radius 2 is 0.744 bits per heavy atom. The van der Waals surface area contributed by atoms with E-state index >= 15 is 0 Å². The summed E-state index contributed by atoms with van der Waals surface area (Å²) in [5, 5.41) is 39.0. The largest absolute Gasteiger partial charge is 0.454 e. The Hall–Kier alpha value is -5.01. The van der Waals surface area contributed by atoms with Crippen molar-refractivity contribution in [1.29, 1.82) is 5.41 Å². The van der Waals surface area contributed by atoms with Gasteiger partial charge >= 0.3 is 41.7 Å². The van der Waals surface area contributed by atoms with Gasteiger partial charge < -0.3 is 81.4 Å². The predicted molar refractivity (Wildman–Crippen MR) is 546 cm³/mol. The maximum absolute atomic E-state index is 12.8. The van der Waals surface area contributed by atoms with Crippen LogP contribution in [0.4, 0.5) is 33.6 Å². The van der Waals surface area contributed by atoms with Crippen LogP contribution in [0.15, 0.2) is 15.0 Å². The molecule has 8 rings (SSSR count). The van der Waals surface area contributed by atoms with Gasteiger partial charge in [-0.25, -0.2) is 53.4 Å². The molecule has 12 N–H and O–H groups in total. The maximum Gasteiger partial charge on any atom is 0.418 e. The number of guanidine groups is 4. The summed E-state index contributed by atoms with van der Waals surface area (Å²) in [5.41, 5.74) is 10.2. The standard InChI is InChI=1S/2C24H48N4O6Si2.C14H30N4O4Si2.C10H19ClO2.C8H14N4O4.C3H9ClSi.3CH4/c1-8-9-10-11-12-13-14-15-31-24(30)28-18-27(23(29)26-22(28)25)21-16-19(34-36(5,6)7)20(33-21)17-32-35(2,3)4;1-8-9-10-11-12-13-14-15-31-24(30)27-22-25-18-28(23(29)26-22)21-16-19(34-36(5,6)7)20(33-21)17-32-35(2,3)4;1-23(2,3)20-8-11-10(22-24(4,5)6)7-12(21-11)18-9-16-13(15)17-14(18)19;1-2-3-4-5-6-7-8-9-13-10(11)12;9-7-10-3-12(8(15)11-7)6-1-4(14)5(2-13)16-6;1-5(2,3)4;;;/h19-21H,8-18H2,1-7H3,(H2,25,26,29);19-21H,8-18H2,1-7H3,(H2,25,26,27,29,30);10-12H,7-9H2,1-6H3,(H3,15,16,17,19);2-9H2,1H3;4-6,13-14H,1-3H2,(H3,9,10,11,15);1-3H3;3*1H4. The van der Waals surface area contributed by atoms with Crippen LogP contribution in [0.25, 0.3) is 0 Å². The topological polar surface area (TPSA) is 469 Å². The zero-order valence-electron chi connectivity index (χ0n) is 82.9. The number of nitrogens with two attached hydrogens (primary N) is 2. The van der Waals surface area contributed by atoms with Crippen LogP contribution in [0.2, 0.25) is 137 Å². The Balaban J connectivity index is 0.00000167. The van der Waals surface area contributed by atoms with Gasteiger partial charge in [0.1, 0.15) is 83.4 Å². The molecule has 0 aliphatic carbocycles. The van der Waals surface area contributed by atoms with Crippen LogP contribution in [0, 0.1) is 5.41 Å². The highest BCUT2D eigenvalue weighted by molar-refractivity contribution is 7.18. The molecule has 10 amide bonds. The highest BCUT2D eigenvalue weighted by atomic mass is 35.6. The molecule has 0 bridgehead atoms. The quantitative estimate of drug-likeness (QED) is 0.00890. The lowest BCUT2D eigenvalue weighted by Gasteiger charge is -2.37. The number of aliphatic hydroxyl groups excluding tert-OH is 2. The van der Waals surface area contributed by atoms with Gasteiger partial charge in [-0.3, -0.25) is 51.6 Å². The van der Waals surface area contributed by atoms with Gasteiger partial charge in [-0.2, -0.15) is 11.1 Å². The molecule has 0 aromatic carbocycles. The van der Waals surface area contributed by atoms with E-state index in [0.29, 0.717) is 58.9 Å². The van der Waals surface area contributed by atoms with Gasteiger partial charge in [0.25, 0.3) is 0 Å². The third-order valence-corrected chi connectivity index (χ3v) is 26.2. The highest BCUT2D eigenvalue weighted by Gasteiger charge is 2.49. The first kappa shape index (κ1) is 128. The number of nitrogens with zero attached hydrogens (tertiary/aromatic N) is 8. The minimum atomic E-state index is -1.87. The monoisotopic (exact) mass is 2060 g/mol. The number of carbonyl (C=O) groups excluding carboxylic acids is 7. The first-order valence-electron chi connectivity index (χ1n) is 46.8. The molecule has 133 heavy (non-hydrogen) atoms. The number of amides is 10. The molecule has 0 aromatic heterocycles. The van der Waals surface area contributed by atoms with Crippen molar-refractivity contribution in [2.75, 3.05) is 72.9 Å². The minimum absolute atomic E-state index is 0. The fourth-order valence-electron chi connectivity index (χ4n) is 13.7. The number of halogens is 2. The van der Waals surface area contributed by atoms with Gasteiger partial charge in [-0.1, -0.05) is 178 Å². The molecule has 8 aliphatic heterocycles. The van der Waals surface area contributed by atoms with E-state index in [2.05, 4.69) is 205 Å². The summed E-state index contributed by atoms with van der Waals surface area (Å²) in [6.45, 7) is 53.7. The number of aliphatic imine (C=N–C) groups is 3. The lowest BCUT2D eigenvalue weighted by Crippen LogP contribution is -2.63. The van der Waals surface area contributed by atoms with E-state index in [1.807, 2.05) is 0 Å². The zero-order chi connectivity index (χ0) is 98.0. The Morgan fingerprint density at radius 1 is 0.444 bits per heavy atom. The summed E-state index contributed by atoms with van der Waals surface area (Å²) in [4.78, 5) is 103. The molecule has 5 fully saturated rings. The van der Waals surface area contributed by atoms with E-state index in [-0.39, 0.29) is 141 Å². The van der Waals surface area contributed by atoms with Crippen LogP contribution in [-0.4, -0.2) is 304 Å². The van der Waals surface area contributed by atoms with Crippen LogP contribution < -0.4 is 38.1 Å². The molecule has 0 aromatic rings. The Bertz CT molecular complexity index is 3480. The second-order valence-electron chi connectivity index (χ2n) is 40.2. The second kappa shape index (κ2) is 63.6. The summed E-state index contributed by atoms with van der Waals surface area (Å²) in [7, 11) is -11.7. The van der Waals surface area contributed by atoms with Crippen molar-refractivity contribution in [3.63, 3.8) is 0 Å². The fourth-order valence-corrected chi connectivity index (χ4v) is 19.3. The van der Waals surface area contributed by atoms with Crippen LogP contribution in [0.1, 0.15) is 204 Å². The molecular formula is C86H180Cl2N16O22Si7. The van der Waals surface area contributed by atoms with E-state index < -0.39 is 118 Å². The van der Waals surface area contributed by atoms with Crippen molar-refractivity contribution in [2.45, 2.75) is 415 Å². The number of nitrogens with one attached hydrogen (secondary N) is 6. The summed E-state index contributed by atoms with van der Waals surface area (Å²) >= 11 is 10.7. The summed E-state index contributed by atoms with van der Waals surface area (Å²) in [5.74, 6) is 0.0147. The number of urea groups is 4. The Morgan fingerprint density at radius 3 is 1.06 bits per heavy atom. The van der Waals surface area contributed by atoms with Gasteiger partial charge in [0, 0.05) is 37.3 Å². The molecule has 12 unspecified atom stereocenters. The predicted octanol–water partition coefficient (Wildman–Crippen LogP) is 17.6. The average molecular weight is 2060 g/mol. The molecule has 38 nitrogen and oxygen atoms in total. The number of unbranched alkanes of at least 4 members (excludes halogenated alkanes) is 18. The SMILES string of the molecule is C.C.C.CCCCCCCCCOC(=O)Cl.CCCCCCCCCOC(=O)N1CN(C2CC(O[Si](C)(C)C)C(CO[Si](C)(C)C)O2)C(=O)NC1=N.CCCCCCCCCOC(=O)NC1=NCN(C2CC(O[Si](C)(C)C)C(CO[Si](C)(C)C)O2)C(=O)N1.C[Si](C)(C)Cl.C[Si](C)(C)OCC1OC(N2CN=C(N)NC2=O)CC1O[Si](C)(C)C.NC1=NCN(C2CC(O)C(CO)O2)C(=O)N1. The van der Waals surface area contributed by atoms with Crippen LogP contribution in [-0.2, 0) is 59.7 Å². The van der Waals surface area contributed by atoms with E-state index in [9.17, 15) is 38.7 Å². The number of ether oxygens (including phenoxy) is 7. The molecule has 47 heteroatoms. The highest BCUT2D eigenvalue weighted by Crippen LogP contribution is 2.35. The molecular weight excluding hydrogens is 1880 g/mol. The zero-order valence-corrected chi connectivity index (χ0v) is 91.4. The molecule has 8 heterocycles. The maximum atomic E-state index is 12.8. The number of hydrogen-bond acceptors (Lipinski definition) is 28. The van der Waals surface area contributed by atoms with E-state index in [4.69, 9.17) is 99.6 Å². The molecule has 12 atom stereocenters. The molecule has 5 saturated heterocycles. The first-order valence-corrected chi connectivity index (χ1v) is 72.1. The van der Waals surface area contributed by atoms with Crippen LogP contribution >= 0.6 is 22.7 Å². The third-order valence-electron chi connectivity index (χ3n) is 19.9. The smallest absolute Gasteiger partial charge is 0.418 e. The van der Waals surface area contributed by atoms with Crippen molar-refractivity contribution in [3.05, 3.63) is 0 Å². The fraction of sp³-hybridized carbons (Fsp3) is 0.872. The van der Waals surface area contributed by atoms with Gasteiger partial charge in [-0.15, -0.1) is 0 Å². The van der Waals surface area contributed by atoms with Crippen molar-refractivity contribution in [1.82, 2.24) is 51.1 Å². The number of rotatable bonds is 44. The van der Waals surface area contributed by atoms with Crippen LogP contribution in [0.3, 0.4) is 0 Å². The van der Waals surface area contributed by atoms with Crippen LogP contribution in [0.5, 0.6) is 0 Å². The van der Waals surface area contributed by atoms with E-state index in [0.717, 1.165) is 56.3 Å². The number of carbonyl (C=O) groups is 7. The molecule has 0 saturated carbocycles. The third kappa shape index (κ3) is 56.7. The molecule has 0 spiro atoms. The van der Waals surface area contributed by atoms with Crippen molar-refractivity contribution < 1.29 is 103 Å². The lowest BCUT2D eigenvalue weighted by molar-refractivity contribution is -0.0684. The van der Waals surface area contributed by atoms with E-state index in [1.54, 1.807) is 4.90 Å². The van der Waals surface area contributed by atoms with Gasteiger partial charge in [-0.05, 0) is 137 Å². The minimum Gasteiger partial charge on any atom is -0.454 e. The Kier molecular flexibility index (Phi) is 61.2. The molecule has 0 radical (unpaired) electrons. The summed E-state index contributed by atoms with van der Waals surface area (Å²) in [6, 6.07) is -1.55. The molecule has 778 valence electrons. The van der Waals surface area contributed by atoms with Gasteiger partial charge in [0.2, 0.25) is 11.9 Å². The van der Waals surface area contributed by atoms with Gasteiger partial charge in [0.15, 0.2) is 61.8 Å². The average Bonchev–Trinajstić information content (AvgIpc) is 1.67. The number of hydrogen-bond donors (Lipinski definition) is 10. The second-order valence-corrected chi connectivity index (χ2v) is 75.0. The molecule has 8 aliphatic rings.